The highest BCUT2D eigenvalue weighted by Gasteiger charge is 2.55. The van der Waals surface area contributed by atoms with E-state index < -0.39 is 0 Å². The van der Waals surface area contributed by atoms with E-state index in [2.05, 4.69) is 6.92 Å². The van der Waals surface area contributed by atoms with Gasteiger partial charge in [0.25, 0.3) is 0 Å². The summed E-state index contributed by atoms with van der Waals surface area (Å²) >= 11 is 0. The molecule has 0 bridgehead atoms. The summed E-state index contributed by atoms with van der Waals surface area (Å²) in [7, 11) is 0. The molecular weight excluding hydrogens is 200 g/mol. The molecule has 1 saturated heterocycles. The van der Waals surface area contributed by atoms with Crippen LogP contribution in [0.5, 0.6) is 0 Å². The molecule has 0 amide bonds. The van der Waals surface area contributed by atoms with E-state index in [1.807, 2.05) is 0 Å². The highest BCUT2D eigenvalue weighted by atomic mass is 16.6. The summed E-state index contributed by atoms with van der Waals surface area (Å²) in [5, 5.41) is 0. The molecule has 2 fully saturated rings. The zero-order valence-corrected chi connectivity index (χ0v) is 10.5. The largest absolute Gasteiger partial charge is 0.458 e. The third-order valence-corrected chi connectivity index (χ3v) is 4.27. The van der Waals surface area contributed by atoms with Gasteiger partial charge in [0.15, 0.2) is 0 Å². The standard InChI is InChI=1S/C14H24O2/c1-2-3-4-6-9-12-13(15)16-14(12)10-7-5-8-11-14/h12H,2-11H2,1H3/t12-/m0/s1. The van der Waals surface area contributed by atoms with Gasteiger partial charge in [0.1, 0.15) is 5.60 Å². The van der Waals surface area contributed by atoms with Crippen LogP contribution in [0.15, 0.2) is 0 Å². The zero-order valence-electron chi connectivity index (χ0n) is 10.5. The molecule has 2 aliphatic rings. The van der Waals surface area contributed by atoms with Gasteiger partial charge in [-0.15, -0.1) is 0 Å². The van der Waals surface area contributed by atoms with E-state index in [0.717, 1.165) is 19.3 Å². The first kappa shape index (κ1) is 11.9. The van der Waals surface area contributed by atoms with Crippen molar-refractivity contribution in [2.24, 2.45) is 5.92 Å². The van der Waals surface area contributed by atoms with Gasteiger partial charge in [0, 0.05) is 0 Å². The van der Waals surface area contributed by atoms with Crippen molar-refractivity contribution in [2.75, 3.05) is 0 Å². The molecule has 1 saturated carbocycles. The second kappa shape index (κ2) is 5.20. The van der Waals surface area contributed by atoms with Crippen molar-refractivity contribution in [3.8, 4) is 0 Å². The normalized spacial score (nSPS) is 27.6. The number of esters is 1. The lowest BCUT2D eigenvalue weighted by molar-refractivity contribution is -0.221. The van der Waals surface area contributed by atoms with Crippen LogP contribution in [0.2, 0.25) is 0 Å². The van der Waals surface area contributed by atoms with Crippen molar-refractivity contribution in [2.45, 2.75) is 76.7 Å². The van der Waals surface area contributed by atoms with Crippen molar-refractivity contribution in [1.29, 1.82) is 0 Å². The summed E-state index contributed by atoms with van der Waals surface area (Å²) in [6, 6.07) is 0. The molecular formula is C14H24O2. The van der Waals surface area contributed by atoms with E-state index in [1.54, 1.807) is 0 Å². The lowest BCUT2D eigenvalue weighted by Crippen LogP contribution is -2.58. The Kier molecular flexibility index (Phi) is 3.88. The molecule has 2 rings (SSSR count). The van der Waals surface area contributed by atoms with Crippen LogP contribution in [0.25, 0.3) is 0 Å². The SMILES string of the molecule is CCCCCC[C@H]1C(=O)OC12CCCCC2. The molecule has 0 N–H and O–H groups in total. The number of carbonyl (C=O) groups excluding carboxylic acids is 1. The molecule has 0 aromatic rings. The average Bonchev–Trinajstić information content (AvgIpc) is 2.30. The quantitative estimate of drug-likeness (QED) is 0.524. The summed E-state index contributed by atoms with van der Waals surface area (Å²) < 4.78 is 5.50. The fraction of sp³-hybridized carbons (Fsp3) is 0.929. The minimum absolute atomic E-state index is 0.0124. The Hall–Kier alpha value is -0.530. The van der Waals surface area contributed by atoms with Crippen molar-refractivity contribution in [1.82, 2.24) is 0 Å². The maximum atomic E-state index is 11.5. The van der Waals surface area contributed by atoms with Crippen LogP contribution in [0.3, 0.4) is 0 Å². The predicted molar refractivity (Wildman–Crippen MR) is 64.2 cm³/mol. The molecule has 1 atom stereocenters. The van der Waals surface area contributed by atoms with Gasteiger partial charge in [-0.25, -0.2) is 0 Å². The Morgan fingerprint density at radius 1 is 1.19 bits per heavy atom. The van der Waals surface area contributed by atoms with E-state index in [9.17, 15) is 4.79 Å². The lowest BCUT2D eigenvalue weighted by atomic mass is 9.70. The Morgan fingerprint density at radius 3 is 2.56 bits per heavy atom. The molecule has 0 aromatic heterocycles. The molecule has 92 valence electrons. The molecule has 2 heteroatoms. The van der Waals surface area contributed by atoms with Crippen molar-refractivity contribution < 1.29 is 9.53 Å². The van der Waals surface area contributed by atoms with Gasteiger partial charge < -0.3 is 4.74 Å². The van der Waals surface area contributed by atoms with Crippen molar-refractivity contribution in [3.05, 3.63) is 0 Å². The highest BCUT2D eigenvalue weighted by molar-refractivity contribution is 5.80. The van der Waals surface area contributed by atoms with Gasteiger partial charge in [-0.05, 0) is 32.1 Å². The second-order valence-electron chi connectivity index (χ2n) is 5.45. The van der Waals surface area contributed by atoms with E-state index in [0.29, 0.717) is 0 Å². The van der Waals surface area contributed by atoms with Crippen LogP contribution in [0.4, 0.5) is 0 Å². The monoisotopic (exact) mass is 224 g/mol. The Labute approximate surface area is 98.7 Å². The molecule has 0 unspecified atom stereocenters. The Balaban J connectivity index is 1.79. The molecule has 0 radical (unpaired) electrons. The van der Waals surface area contributed by atoms with Gasteiger partial charge in [-0.3, -0.25) is 4.79 Å². The van der Waals surface area contributed by atoms with Gasteiger partial charge >= 0.3 is 5.97 Å². The average molecular weight is 224 g/mol. The number of carbonyl (C=O) groups is 1. The number of hydrogen-bond donors (Lipinski definition) is 0. The number of hydrogen-bond acceptors (Lipinski definition) is 2. The number of rotatable bonds is 5. The van der Waals surface area contributed by atoms with Crippen LogP contribution in [0, 0.1) is 5.92 Å². The highest BCUT2D eigenvalue weighted by Crippen LogP contribution is 2.47. The van der Waals surface area contributed by atoms with Gasteiger partial charge in [0.05, 0.1) is 5.92 Å². The van der Waals surface area contributed by atoms with Gasteiger partial charge in [-0.1, -0.05) is 39.0 Å². The molecule has 1 heterocycles. The van der Waals surface area contributed by atoms with Crippen LogP contribution in [-0.2, 0) is 9.53 Å². The predicted octanol–water partition coefficient (Wildman–Crippen LogP) is 3.83. The van der Waals surface area contributed by atoms with Gasteiger partial charge in [-0.2, -0.15) is 0 Å². The van der Waals surface area contributed by atoms with Crippen LogP contribution in [-0.4, -0.2) is 11.6 Å². The van der Waals surface area contributed by atoms with Crippen molar-refractivity contribution >= 4 is 5.97 Å². The third kappa shape index (κ3) is 2.26. The summed E-state index contributed by atoms with van der Waals surface area (Å²) in [6.45, 7) is 2.22. The minimum Gasteiger partial charge on any atom is -0.458 e. The Bertz CT molecular complexity index is 241. The molecule has 1 aliphatic carbocycles. The maximum Gasteiger partial charge on any atom is 0.313 e. The summed E-state index contributed by atoms with van der Waals surface area (Å²) in [6.07, 6.45) is 12.2. The van der Waals surface area contributed by atoms with E-state index in [-0.39, 0.29) is 17.5 Å². The molecule has 16 heavy (non-hydrogen) atoms. The minimum atomic E-state index is -0.0124. The number of unbranched alkanes of at least 4 members (excludes halogenated alkanes) is 3. The number of ether oxygens (including phenoxy) is 1. The smallest absolute Gasteiger partial charge is 0.313 e. The summed E-state index contributed by atoms with van der Waals surface area (Å²) in [5.74, 6) is 0.322. The summed E-state index contributed by atoms with van der Waals surface area (Å²) in [4.78, 5) is 11.5. The maximum absolute atomic E-state index is 11.5. The van der Waals surface area contributed by atoms with E-state index >= 15 is 0 Å². The topological polar surface area (TPSA) is 26.3 Å². The third-order valence-electron chi connectivity index (χ3n) is 4.27. The first-order valence-electron chi connectivity index (χ1n) is 7.01. The van der Waals surface area contributed by atoms with Crippen LogP contribution >= 0.6 is 0 Å². The fourth-order valence-electron chi connectivity index (χ4n) is 3.26. The molecule has 1 aliphatic heterocycles. The van der Waals surface area contributed by atoms with E-state index in [4.69, 9.17) is 4.74 Å². The second-order valence-corrected chi connectivity index (χ2v) is 5.45. The molecule has 2 nitrogen and oxygen atoms in total. The first-order chi connectivity index (χ1) is 7.78. The lowest BCUT2D eigenvalue weighted by Gasteiger charge is -2.50. The van der Waals surface area contributed by atoms with E-state index in [1.165, 1.54) is 44.9 Å². The zero-order chi connectivity index (χ0) is 11.4. The molecule has 1 spiro atoms. The Morgan fingerprint density at radius 2 is 1.94 bits per heavy atom. The molecule has 0 aromatic carbocycles. The first-order valence-corrected chi connectivity index (χ1v) is 7.01. The van der Waals surface area contributed by atoms with Crippen LogP contribution < -0.4 is 0 Å². The van der Waals surface area contributed by atoms with Crippen molar-refractivity contribution in [3.63, 3.8) is 0 Å². The van der Waals surface area contributed by atoms with Crippen LogP contribution in [0.1, 0.15) is 71.1 Å². The summed E-state index contributed by atoms with van der Waals surface area (Å²) in [5.41, 5.74) is -0.0124. The fourth-order valence-corrected chi connectivity index (χ4v) is 3.26. The van der Waals surface area contributed by atoms with Gasteiger partial charge in [0.2, 0.25) is 0 Å².